The van der Waals surface area contributed by atoms with Gasteiger partial charge in [-0.1, -0.05) is 24.3 Å². The van der Waals surface area contributed by atoms with Crippen LogP contribution in [0.2, 0.25) is 0 Å². The Morgan fingerprint density at radius 2 is 1.08 bits per heavy atom. The molecule has 0 aliphatic rings. The molecule has 12 heavy (non-hydrogen) atoms. The summed E-state index contributed by atoms with van der Waals surface area (Å²) < 4.78 is 0. The van der Waals surface area contributed by atoms with Crippen LogP contribution in [0.15, 0.2) is 50.6 Å². The van der Waals surface area contributed by atoms with E-state index in [0.717, 1.165) is 0 Å². The van der Waals surface area contributed by atoms with Crippen LogP contribution >= 0.6 is 0 Å². The summed E-state index contributed by atoms with van der Waals surface area (Å²) in [6.45, 7) is 14.2. The van der Waals surface area contributed by atoms with Crippen LogP contribution in [-0.4, -0.2) is 5.78 Å². The molecule has 0 heterocycles. The topological polar surface area (TPSA) is 17.1 Å². The Hall–Kier alpha value is -1.37. The van der Waals surface area contributed by atoms with E-state index in [1.807, 2.05) is 0 Å². The highest BCUT2D eigenvalue weighted by Gasteiger charge is 2.16. The lowest BCUT2D eigenvalue weighted by Gasteiger charge is -2.09. The minimum absolute atomic E-state index is 0.0185. The van der Waals surface area contributed by atoms with Crippen LogP contribution in [0, 0.1) is 11.8 Å². The van der Waals surface area contributed by atoms with E-state index in [2.05, 4.69) is 26.3 Å². The highest BCUT2D eigenvalue weighted by atomic mass is 16.1. The lowest BCUT2D eigenvalue weighted by Crippen LogP contribution is -2.17. The molecule has 0 radical (unpaired) electrons. The molecule has 0 aliphatic heterocycles. The molecule has 0 rings (SSSR count). The normalized spacial score (nSPS) is 9.50. The zero-order valence-corrected chi connectivity index (χ0v) is 7.20. The van der Waals surface area contributed by atoms with Gasteiger partial charge >= 0.3 is 0 Å². The summed E-state index contributed by atoms with van der Waals surface area (Å²) in [7, 11) is 0. The van der Waals surface area contributed by atoms with Crippen molar-refractivity contribution in [2.75, 3.05) is 0 Å². The monoisotopic (exact) mass is 162 g/mol. The number of rotatable bonds is 6. The van der Waals surface area contributed by atoms with Crippen molar-refractivity contribution < 1.29 is 4.79 Å². The average Bonchev–Trinajstić information content (AvgIpc) is 2.09. The van der Waals surface area contributed by atoms with Gasteiger partial charge in [0.25, 0.3) is 0 Å². The number of hydrogen-bond acceptors (Lipinski definition) is 1. The van der Waals surface area contributed by atoms with Crippen molar-refractivity contribution in [3.05, 3.63) is 50.6 Å². The Balaban J connectivity index is 4.52. The molecule has 0 fully saturated rings. The summed E-state index contributed by atoms with van der Waals surface area (Å²) >= 11 is 0. The van der Waals surface area contributed by atoms with Crippen LogP contribution in [0.3, 0.4) is 0 Å². The highest BCUT2D eigenvalue weighted by molar-refractivity contribution is 5.89. The van der Waals surface area contributed by atoms with Crippen LogP contribution in [0.5, 0.6) is 0 Å². The number of carbonyl (C=O) groups is 1. The number of ketones is 1. The van der Waals surface area contributed by atoms with Crippen LogP contribution in [0.1, 0.15) is 0 Å². The average molecular weight is 162 g/mol. The summed E-state index contributed by atoms with van der Waals surface area (Å²) in [6, 6.07) is 0. The molecular formula is C11H14O. The predicted octanol–water partition coefficient (Wildman–Crippen LogP) is 2.53. The Bertz CT molecular complexity index is 175. The van der Waals surface area contributed by atoms with E-state index in [-0.39, 0.29) is 17.6 Å². The fraction of sp³-hybridized carbons (Fsp3) is 0.182. The van der Waals surface area contributed by atoms with Gasteiger partial charge in [-0.2, -0.15) is 0 Å². The van der Waals surface area contributed by atoms with E-state index in [1.54, 1.807) is 24.3 Å². The maximum absolute atomic E-state index is 11.5. The number of carbonyl (C=O) groups excluding carboxylic acids is 1. The molecule has 1 heteroatoms. The molecule has 0 aromatic rings. The smallest absolute Gasteiger partial charge is 0.154 e. The summed E-state index contributed by atoms with van der Waals surface area (Å²) in [4.78, 5) is 11.5. The Kier molecular flexibility index (Phi) is 4.70. The van der Waals surface area contributed by atoms with E-state index < -0.39 is 0 Å². The van der Waals surface area contributed by atoms with E-state index in [0.29, 0.717) is 0 Å². The second-order valence-corrected chi connectivity index (χ2v) is 2.40. The van der Waals surface area contributed by atoms with Gasteiger partial charge in [0.15, 0.2) is 5.78 Å². The highest BCUT2D eigenvalue weighted by Crippen LogP contribution is 2.11. The Morgan fingerprint density at radius 1 is 0.833 bits per heavy atom. The Labute approximate surface area is 73.8 Å². The number of hydrogen-bond donors (Lipinski definition) is 0. The van der Waals surface area contributed by atoms with Gasteiger partial charge in [0.1, 0.15) is 0 Å². The molecule has 0 N–H and O–H groups in total. The SMILES string of the molecule is C=CC(C=C)C(=O)C(C=C)C=C. The molecule has 0 unspecified atom stereocenters. The maximum Gasteiger partial charge on any atom is 0.154 e. The van der Waals surface area contributed by atoms with Crippen LogP contribution in [0.4, 0.5) is 0 Å². The standard InChI is InChI=1S/C11H14O/c1-5-9(6-2)11(12)10(7-3)8-4/h5-10H,1-4H2. The van der Waals surface area contributed by atoms with Gasteiger partial charge < -0.3 is 0 Å². The second kappa shape index (κ2) is 5.30. The predicted molar refractivity (Wildman–Crippen MR) is 52.8 cm³/mol. The second-order valence-electron chi connectivity index (χ2n) is 2.40. The van der Waals surface area contributed by atoms with Crippen molar-refractivity contribution in [2.24, 2.45) is 11.8 Å². The summed E-state index contributed by atoms with van der Waals surface area (Å²) in [5.74, 6) is -0.581. The molecule has 64 valence electrons. The van der Waals surface area contributed by atoms with Crippen molar-refractivity contribution in [3.63, 3.8) is 0 Å². The van der Waals surface area contributed by atoms with Crippen molar-refractivity contribution in [3.8, 4) is 0 Å². The fourth-order valence-electron chi connectivity index (χ4n) is 0.879. The molecule has 0 amide bonds. The lowest BCUT2D eigenvalue weighted by molar-refractivity contribution is -0.121. The van der Waals surface area contributed by atoms with Crippen LogP contribution < -0.4 is 0 Å². The van der Waals surface area contributed by atoms with Crippen molar-refractivity contribution in [1.29, 1.82) is 0 Å². The number of Topliss-reactive ketones (excluding diaryl/α,β-unsaturated/α-hetero) is 1. The maximum atomic E-state index is 11.5. The molecule has 0 spiro atoms. The molecule has 0 aromatic heterocycles. The third kappa shape index (κ3) is 2.35. The van der Waals surface area contributed by atoms with Gasteiger partial charge in [-0.3, -0.25) is 4.79 Å². The molecule has 0 aliphatic carbocycles. The van der Waals surface area contributed by atoms with Crippen molar-refractivity contribution >= 4 is 5.78 Å². The first-order valence-electron chi connectivity index (χ1n) is 3.75. The minimum atomic E-state index is -0.300. The van der Waals surface area contributed by atoms with E-state index in [1.165, 1.54) is 0 Å². The zero-order valence-electron chi connectivity index (χ0n) is 7.20. The first-order chi connectivity index (χ1) is 5.71. The van der Waals surface area contributed by atoms with Crippen LogP contribution in [0.25, 0.3) is 0 Å². The first kappa shape index (κ1) is 10.6. The molecule has 1 nitrogen and oxygen atoms in total. The third-order valence-electron chi connectivity index (χ3n) is 1.67. The van der Waals surface area contributed by atoms with Gasteiger partial charge in [0.05, 0.1) is 11.8 Å². The largest absolute Gasteiger partial charge is 0.298 e. The molecule has 0 aromatic carbocycles. The molecule has 0 bridgehead atoms. The summed E-state index contributed by atoms with van der Waals surface area (Å²) in [5.41, 5.74) is 0. The van der Waals surface area contributed by atoms with E-state index in [4.69, 9.17) is 0 Å². The molecule has 0 saturated carbocycles. The summed E-state index contributed by atoms with van der Waals surface area (Å²) in [5, 5.41) is 0. The van der Waals surface area contributed by atoms with Crippen molar-refractivity contribution in [2.45, 2.75) is 0 Å². The van der Waals surface area contributed by atoms with Gasteiger partial charge in [0, 0.05) is 0 Å². The van der Waals surface area contributed by atoms with Crippen LogP contribution in [-0.2, 0) is 4.79 Å². The van der Waals surface area contributed by atoms with E-state index in [9.17, 15) is 4.79 Å². The first-order valence-corrected chi connectivity index (χ1v) is 3.75. The fourth-order valence-corrected chi connectivity index (χ4v) is 0.879. The molecular weight excluding hydrogens is 148 g/mol. The van der Waals surface area contributed by atoms with Gasteiger partial charge in [-0.05, 0) is 0 Å². The van der Waals surface area contributed by atoms with Gasteiger partial charge in [0.2, 0.25) is 0 Å². The van der Waals surface area contributed by atoms with Gasteiger partial charge in [-0.15, -0.1) is 26.3 Å². The lowest BCUT2D eigenvalue weighted by atomic mass is 9.93. The Morgan fingerprint density at radius 3 is 1.25 bits per heavy atom. The zero-order chi connectivity index (χ0) is 9.56. The minimum Gasteiger partial charge on any atom is -0.298 e. The number of allylic oxidation sites excluding steroid dienone is 4. The third-order valence-corrected chi connectivity index (χ3v) is 1.67. The molecule has 0 saturated heterocycles. The van der Waals surface area contributed by atoms with Crippen molar-refractivity contribution in [1.82, 2.24) is 0 Å². The molecule has 0 atom stereocenters. The summed E-state index contributed by atoms with van der Waals surface area (Å²) in [6.07, 6.45) is 6.26. The quantitative estimate of drug-likeness (QED) is 0.548. The van der Waals surface area contributed by atoms with E-state index >= 15 is 0 Å². The van der Waals surface area contributed by atoms with Gasteiger partial charge in [-0.25, -0.2) is 0 Å².